The fourth-order valence-corrected chi connectivity index (χ4v) is 3.46. The number of aliphatic hydroxyl groups is 1. The Balaban J connectivity index is 1.85. The number of nitrogens with zero attached hydrogens (tertiary/aromatic N) is 1. The van der Waals surface area contributed by atoms with E-state index in [9.17, 15) is 15.1 Å². The Morgan fingerprint density at radius 3 is 2.92 bits per heavy atom. The molecule has 132 valence electrons. The van der Waals surface area contributed by atoms with E-state index in [0.717, 1.165) is 0 Å². The van der Waals surface area contributed by atoms with Gasteiger partial charge < -0.3 is 15.6 Å². The first kappa shape index (κ1) is 17.9. The Labute approximate surface area is 153 Å². The van der Waals surface area contributed by atoms with Crippen molar-refractivity contribution in [2.75, 3.05) is 0 Å². The Morgan fingerprint density at radius 2 is 2.20 bits per heavy atom. The summed E-state index contributed by atoms with van der Waals surface area (Å²) in [4.78, 5) is 12.5. The second-order valence-electron chi connectivity index (χ2n) is 5.91. The van der Waals surface area contributed by atoms with Crippen LogP contribution in [-0.2, 0) is 17.0 Å². The normalized spacial score (nSPS) is 22.3. The largest absolute Gasteiger partial charge is 0.618 e. The highest BCUT2D eigenvalue weighted by Gasteiger charge is 2.49. The summed E-state index contributed by atoms with van der Waals surface area (Å²) in [6.45, 7) is 0.0165. The summed E-state index contributed by atoms with van der Waals surface area (Å²) < 4.78 is 15.8. The van der Waals surface area contributed by atoms with Crippen molar-refractivity contribution in [2.45, 2.75) is 31.2 Å². The van der Waals surface area contributed by atoms with Gasteiger partial charge in [-0.25, -0.2) is 4.39 Å². The van der Waals surface area contributed by atoms with Gasteiger partial charge in [0.2, 0.25) is 11.4 Å². The molecule has 8 heteroatoms. The smallest absolute Gasteiger partial charge is 0.262 e. The number of alkyl halides is 1. The maximum atomic E-state index is 15.5. The van der Waals surface area contributed by atoms with E-state index in [0.29, 0.717) is 20.3 Å². The molecule has 1 aromatic heterocycles. The molecule has 0 saturated heterocycles. The molecule has 2 atom stereocenters. The number of hydrogen-bond acceptors (Lipinski definition) is 3. The van der Waals surface area contributed by atoms with Gasteiger partial charge in [0, 0.05) is 22.7 Å². The van der Waals surface area contributed by atoms with Gasteiger partial charge in [0.15, 0.2) is 6.20 Å². The van der Waals surface area contributed by atoms with Gasteiger partial charge in [0.1, 0.15) is 6.10 Å². The molecular weight excluding hydrogens is 370 g/mol. The van der Waals surface area contributed by atoms with Gasteiger partial charge in [-0.15, -0.1) is 0 Å². The summed E-state index contributed by atoms with van der Waals surface area (Å²) in [6.07, 6.45) is -0.175. The van der Waals surface area contributed by atoms with Gasteiger partial charge >= 0.3 is 0 Å². The van der Waals surface area contributed by atoms with Gasteiger partial charge in [-0.2, -0.15) is 4.73 Å². The lowest BCUT2D eigenvalue weighted by Gasteiger charge is -2.31. The summed E-state index contributed by atoms with van der Waals surface area (Å²) in [5.74, 6) is -0.877. The number of aromatic nitrogens is 1. The van der Waals surface area contributed by atoms with E-state index in [1.54, 1.807) is 12.1 Å². The van der Waals surface area contributed by atoms with Crippen molar-refractivity contribution in [3.63, 3.8) is 0 Å². The number of carbonyl (C=O) groups is 1. The highest BCUT2D eigenvalue weighted by molar-refractivity contribution is 6.35. The first-order chi connectivity index (χ1) is 11.8. The number of hydrogen-bond donors (Lipinski definition) is 2. The molecule has 1 aliphatic carbocycles. The molecule has 0 spiro atoms. The molecule has 3 rings (SSSR count). The van der Waals surface area contributed by atoms with Crippen molar-refractivity contribution < 1.29 is 19.0 Å². The number of fused-ring (bicyclic) bond motifs is 1. The Hall–Kier alpha value is -1.89. The predicted octanol–water partition coefficient (Wildman–Crippen LogP) is 2.94. The second kappa shape index (κ2) is 6.78. The van der Waals surface area contributed by atoms with Crippen molar-refractivity contribution in [3.8, 4) is 0 Å². The third-order valence-electron chi connectivity index (χ3n) is 4.32. The Morgan fingerprint density at radius 1 is 1.44 bits per heavy atom. The van der Waals surface area contributed by atoms with Crippen molar-refractivity contribution >= 4 is 29.1 Å². The zero-order valence-corrected chi connectivity index (χ0v) is 14.5. The van der Waals surface area contributed by atoms with Crippen LogP contribution in [0.4, 0.5) is 4.39 Å². The minimum Gasteiger partial charge on any atom is -0.618 e. The van der Waals surface area contributed by atoms with Crippen molar-refractivity contribution in [3.05, 3.63) is 68.6 Å². The number of halogens is 3. The van der Waals surface area contributed by atoms with Crippen LogP contribution in [0.3, 0.4) is 0 Å². The van der Waals surface area contributed by atoms with Crippen LogP contribution in [0.1, 0.15) is 35.8 Å². The molecule has 2 aromatic rings. The van der Waals surface area contributed by atoms with Crippen LogP contribution in [-0.4, -0.2) is 11.0 Å². The maximum Gasteiger partial charge on any atom is 0.262 e. The molecule has 0 fully saturated rings. The summed E-state index contributed by atoms with van der Waals surface area (Å²) in [5, 5.41) is 25.2. The van der Waals surface area contributed by atoms with Crippen LogP contribution < -0.4 is 10.0 Å². The molecule has 1 aromatic carbocycles. The van der Waals surface area contributed by atoms with E-state index in [1.165, 1.54) is 24.4 Å². The van der Waals surface area contributed by atoms with Crippen molar-refractivity contribution in [1.82, 2.24) is 5.32 Å². The third kappa shape index (κ3) is 3.29. The van der Waals surface area contributed by atoms with Crippen LogP contribution in [0.25, 0.3) is 0 Å². The van der Waals surface area contributed by atoms with Crippen LogP contribution in [0.5, 0.6) is 0 Å². The third-order valence-corrected chi connectivity index (χ3v) is 4.90. The molecule has 1 amide bonds. The average molecular weight is 385 g/mol. The summed E-state index contributed by atoms with van der Waals surface area (Å²) in [6, 6.07) is 7.48. The van der Waals surface area contributed by atoms with Crippen molar-refractivity contribution in [1.29, 1.82) is 0 Å². The minimum absolute atomic E-state index is 0.0165. The predicted molar refractivity (Wildman–Crippen MR) is 90.7 cm³/mol. The molecule has 0 bridgehead atoms. The molecule has 1 aliphatic rings. The topological polar surface area (TPSA) is 76.3 Å². The Kier molecular flexibility index (Phi) is 4.86. The SMILES string of the molecule is O=C(NCc1ccc(Cl)cc1Cl)[C@]1(F)CC[C@H](O)c2c1ccc[n+]2[O-]. The lowest BCUT2D eigenvalue weighted by Crippen LogP contribution is -2.48. The zero-order chi connectivity index (χ0) is 18.2. The second-order valence-corrected chi connectivity index (χ2v) is 6.75. The van der Waals surface area contributed by atoms with E-state index >= 15 is 4.39 Å². The lowest BCUT2D eigenvalue weighted by atomic mass is 9.81. The fourth-order valence-electron chi connectivity index (χ4n) is 2.99. The molecule has 1 heterocycles. The molecule has 0 radical (unpaired) electrons. The zero-order valence-electron chi connectivity index (χ0n) is 13.0. The number of amides is 1. The Bertz CT molecular complexity index is 834. The number of aliphatic hydroxyl groups excluding tert-OH is 1. The summed E-state index contributed by atoms with van der Waals surface area (Å²) in [7, 11) is 0. The highest BCUT2D eigenvalue weighted by atomic mass is 35.5. The average Bonchev–Trinajstić information content (AvgIpc) is 2.57. The van der Waals surface area contributed by atoms with Gasteiger partial charge in [-0.3, -0.25) is 4.79 Å². The van der Waals surface area contributed by atoms with E-state index in [-0.39, 0.29) is 30.6 Å². The summed E-state index contributed by atoms with van der Waals surface area (Å²) in [5.41, 5.74) is -2.04. The quantitative estimate of drug-likeness (QED) is 0.630. The molecular formula is C17H15Cl2FN2O3. The number of benzene rings is 1. The van der Waals surface area contributed by atoms with E-state index in [4.69, 9.17) is 23.2 Å². The van der Waals surface area contributed by atoms with Crippen LogP contribution in [0, 0.1) is 5.21 Å². The first-order valence-corrected chi connectivity index (χ1v) is 8.40. The standard InChI is InChI=1S/C17H15Cl2FN2O3/c18-11-4-3-10(13(19)8-11)9-21-16(24)17(20)6-5-14(23)15-12(17)2-1-7-22(15)25/h1-4,7-8,14,23H,5-6,9H2,(H,21,24)/t14-,17-/m0/s1. The molecule has 2 N–H and O–H groups in total. The molecule has 0 unspecified atom stereocenters. The number of nitrogens with one attached hydrogen (secondary N) is 1. The van der Waals surface area contributed by atoms with Gasteiger partial charge in [0.05, 0.1) is 5.56 Å². The van der Waals surface area contributed by atoms with Gasteiger partial charge in [-0.05, 0) is 36.6 Å². The first-order valence-electron chi connectivity index (χ1n) is 7.64. The molecule has 0 aliphatic heterocycles. The molecule has 25 heavy (non-hydrogen) atoms. The number of carbonyl (C=O) groups excluding carboxylic acids is 1. The van der Waals surface area contributed by atoms with Crippen LogP contribution in [0.15, 0.2) is 36.5 Å². The van der Waals surface area contributed by atoms with Gasteiger partial charge in [0.25, 0.3) is 5.91 Å². The highest BCUT2D eigenvalue weighted by Crippen LogP contribution is 2.41. The fraction of sp³-hybridized carbons (Fsp3) is 0.294. The van der Waals surface area contributed by atoms with Crippen LogP contribution >= 0.6 is 23.2 Å². The van der Waals surface area contributed by atoms with Crippen LogP contribution in [0.2, 0.25) is 10.0 Å². The van der Waals surface area contributed by atoms with E-state index in [2.05, 4.69) is 5.32 Å². The van der Waals surface area contributed by atoms with E-state index in [1.807, 2.05) is 0 Å². The lowest BCUT2D eigenvalue weighted by molar-refractivity contribution is -0.620. The number of pyridine rings is 1. The van der Waals surface area contributed by atoms with Gasteiger partial charge in [-0.1, -0.05) is 29.3 Å². The molecule has 5 nitrogen and oxygen atoms in total. The monoisotopic (exact) mass is 384 g/mol. The number of rotatable bonds is 3. The minimum atomic E-state index is -2.39. The molecule has 0 saturated carbocycles. The van der Waals surface area contributed by atoms with E-state index < -0.39 is 17.7 Å². The van der Waals surface area contributed by atoms with Crippen molar-refractivity contribution in [2.24, 2.45) is 0 Å². The maximum absolute atomic E-state index is 15.5. The summed E-state index contributed by atoms with van der Waals surface area (Å²) >= 11 is 11.9.